The number of amides is 1. The first-order valence-corrected chi connectivity index (χ1v) is 10.6. The third-order valence-electron chi connectivity index (χ3n) is 4.65. The maximum Gasteiger partial charge on any atom is 0.253 e. The number of hydrogen-bond acceptors (Lipinski definition) is 4. The van der Waals surface area contributed by atoms with Crippen molar-refractivity contribution < 1.29 is 17.6 Å². The summed E-state index contributed by atoms with van der Waals surface area (Å²) < 4.78 is 41.2. The summed E-state index contributed by atoms with van der Waals surface area (Å²) in [4.78, 5) is 16.3. The summed E-state index contributed by atoms with van der Waals surface area (Å²) in [6, 6.07) is 3.45. The van der Waals surface area contributed by atoms with E-state index in [0.29, 0.717) is 19.0 Å². The molecule has 0 bridgehead atoms. The minimum Gasteiger partial charge on any atom is -0.336 e. The second-order valence-corrected chi connectivity index (χ2v) is 9.21. The number of rotatable bonds is 6. The van der Waals surface area contributed by atoms with Crippen molar-refractivity contribution >= 4 is 15.9 Å². The van der Waals surface area contributed by atoms with Gasteiger partial charge in [-0.3, -0.25) is 9.69 Å². The molecule has 1 N–H and O–H groups in total. The number of nitrogens with one attached hydrogen (secondary N) is 1. The lowest BCUT2D eigenvalue weighted by atomic mass is 10.1. The Morgan fingerprint density at radius 3 is 2.46 bits per heavy atom. The Morgan fingerprint density at radius 1 is 1.23 bits per heavy atom. The van der Waals surface area contributed by atoms with Gasteiger partial charge in [-0.15, -0.1) is 0 Å². The molecule has 2 fully saturated rings. The smallest absolute Gasteiger partial charge is 0.253 e. The van der Waals surface area contributed by atoms with Crippen LogP contribution < -0.4 is 4.72 Å². The number of hydrogen-bond donors (Lipinski definition) is 1. The Kier molecular flexibility index (Phi) is 5.64. The number of halogens is 1. The number of carbonyl (C=O) groups excluding carboxylic acids is 1. The average molecular weight is 383 g/mol. The Balaban J connectivity index is 1.71. The second-order valence-electron chi connectivity index (χ2n) is 7.53. The molecule has 3 rings (SSSR count). The topological polar surface area (TPSA) is 69.7 Å². The van der Waals surface area contributed by atoms with E-state index in [1.807, 2.05) is 0 Å². The summed E-state index contributed by atoms with van der Waals surface area (Å²) >= 11 is 0. The molecule has 1 aliphatic carbocycles. The van der Waals surface area contributed by atoms with Gasteiger partial charge in [0.05, 0.1) is 0 Å². The van der Waals surface area contributed by atoms with Gasteiger partial charge < -0.3 is 4.90 Å². The van der Waals surface area contributed by atoms with Crippen LogP contribution >= 0.6 is 0 Å². The molecule has 144 valence electrons. The quantitative estimate of drug-likeness (QED) is 0.812. The van der Waals surface area contributed by atoms with Crippen LogP contribution in [0.4, 0.5) is 4.39 Å². The zero-order valence-electron chi connectivity index (χ0n) is 15.2. The lowest BCUT2D eigenvalue weighted by Crippen LogP contribution is -2.49. The van der Waals surface area contributed by atoms with Gasteiger partial charge in [-0.1, -0.05) is 13.8 Å². The summed E-state index contributed by atoms with van der Waals surface area (Å²) in [5, 5.41) is 0. The van der Waals surface area contributed by atoms with Gasteiger partial charge in [0.1, 0.15) is 10.7 Å². The van der Waals surface area contributed by atoms with Gasteiger partial charge in [0.15, 0.2) is 0 Å². The largest absolute Gasteiger partial charge is 0.336 e. The third-order valence-corrected chi connectivity index (χ3v) is 6.19. The van der Waals surface area contributed by atoms with Crippen molar-refractivity contribution in [3.63, 3.8) is 0 Å². The van der Waals surface area contributed by atoms with Crippen LogP contribution in [0.1, 0.15) is 37.0 Å². The van der Waals surface area contributed by atoms with Crippen LogP contribution in [0.2, 0.25) is 0 Å². The van der Waals surface area contributed by atoms with Crippen molar-refractivity contribution in [1.82, 2.24) is 14.5 Å². The van der Waals surface area contributed by atoms with E-state index in [-0.39, 0.29) is 17.5 Å². The highest BCUT2D eigenvalue weighted by Crippen LogP contribution is 2.24. The molecule has 2 aliphatic rings. The summed E-state index contributed by atoms with van der Waals surface area (Å²) in [7, 11) is -3.94. The van der Waals surface area contributed by atoms with Crippen LogP contribution in [0.3, 0.4) is 0 Å². The fourth-order valence-corrected chi connectivity index (χ4v) is 4.57. The van der Waals surface area contributed by atoms with E-state index in [9.17, 15) is 17.6 Å². The van der Waals surface area contributed by atoms with E-state index in [1.165, 1.54) is 6.07 Å². The molecule has 1 saturated heterocycles. The molecule has 0 unspecified atom stereocenters. The van der Waals surface area contributed by atoms with E-state index in [2.05, 4.69) is 23.5 Å². The Hall–Kier alpha value is -1.51. The number of carbonyl (C=O) groups is 1. The molecule has 0 aromatic heterocycles. The summed E-state index contributed by atoms with van der Waals surface area (Å²) in [5.41, 5.74) is 0.208. The normalized spacial score (nSPS) is 19.2. The van der Waals surface area contributed by atoms with Gasteiger partial charge >= 0.3 is 0 Å². The monoisotopic (exact) mass is 383 g/mol. The van der Waals surface area contributed by atoms with E-state index in [4.69, 9.17) is 0 Å². The number of benzene rings is 1. The van der Waals surface area contributed by atoms with E-state index < -0.39 is 20.7 Å². The van der Waals surface area contributed by atoms with Crippen molar-refractivity contribution in [2.45, 2.75) is 37.6 Å². The molecule has 0 atom stereocenters. The van der Waals surface area contributed by atoms with Gasteiger partial charge in [0, 0.05) is 44.3 Å². The second kappa shape index (κ2) is 7.62. The molecule has 1 saturated carbocycles. The number of piperazine rings is 1. The van der Waals surface area contributed by atoms with Crippen molar-refractivity contribution in [2.75, 3.05) is 32.7 Å². The molecular formula is C18H26FN3O3S. The van der Waals surface area contributed by atoms with E-state index in [1.54, 1.807) is 4.90 Å². The fraction of sp³-hybridized carbons (Fsp3) is 0.611. The first-order valence-electron chi connectivity index (χ1n) is 9.10. The lowest BCUT2D eigenvalue weighted by molar-refractivity contribution is 0.0623. The van der Waals surface area contributed by atoms with Crippen molar-refractivity contribution in [3.05, 3.63) is 29.6 Å². The first-order chi connectivity index (χ1) is 12.3. The standard InChI is InChI=1S/C18H26FN3O3S/c1-13(2)12-21-7-9-22(10-8-21)18(23)14-3-6-16(19)17(11-14)26(24,25)20-15-4-5-15/h3,6,11,13,15,20H,4-5,7-10,12H2,1-2H3. The van der Waals surface area contributed by atoms with Crippen LogP contribution in [0.15, 0.2) is 23.1 Å². The SMILES string of the molecule is CC(C)CN1CCN(C(=O)c2ccc(F)c(S(=O)(=O)NC3CC3)c2)CC1. The summed E-state index contributed by atoms with van der Waals surface area (Å²) in [5.74, 6) is -0.519. The highest BCUT2D eigenvalue weighted by atomic mass is 32.2. The third kappa shape index (κ3) is 4.61. The fourth-order valence-electron chi connectivity index (χ4n) is 3.16. The molecule has 0 radical (unpaired) electrons. The average Bonchev–Trinajstić information content (AvgIpc) is 3.38. The summed E-state index contributed by atoms with van der Waals surface area (Å²) in [6.45, 7) is 8.07. The van der Waals surface area contributed by atoms with Crippen LogP contribution in [-0.4, -0.2) is 62.9 Å². The lowest BCUT2D eigenvalue weighted by Gasteiger charge is -2.35. The number of sulfonamides is 1. The molecule has 1 amide bonds. The maximum absolute atomic E-state index is 14.1. The molecule has 1 aliphatic heterocycles. The minimum absolute atomic E-state index is 0.118. The molecular weight excluding hydrogens is 357 g/mol. The first kappa shape index (κ1) is 19.3. The van der Waals surface area contributed by atoms with Crippen LogP contribution in [-0.2, 0) is 10.0 Å². The maximum atomic E-state index is 14.1. The van der Waals surface area contributed by atoms with Gasteiger partial charge in [0.25, 0.3) is 5.91 Å². The van der Waals surface area contributed by atoms with Crippen LogP contribution in [0.25, 0.3) is 0 Å². The summed E-state index contributed by atoms with van der Waals surface area (Å²) in [6.07, 6.45) is 1.53. The molecule has 1 aromatic carbocycles. The van der Waals surface area contributed by atoms with Crippen LogP contribution in [0, 0.1) is 11.7 Å². The van der Waals surface area contributed by atoms with Crippen molar-refractivity contribution in [1.29, 1.82) is 0 Å². The van der Waals surface area contributed by atoms with Gasteiger partial charge in [-0.05, 0) is 37.0 Å². The Morgan fingerprint density at radius 2 is 1.88 bits per heavy atom. The predicted octanol–water partition coefficient (Wildman–Crippen LogP) is 1.68. The molecule has 0 spiro atoms. The zero-order valence-corrected chi connectivity index (χ0v) is 16.1. The Bertz CT molecular complexity index is 770. The zero-order chi connectivity index (χ0) is 18.9. The number of nitrogens with zero attached hydrogens (tertiary/aromatic N) is 2. The minimum atomic E-state index is -3.94. The van der Waals surface area contributed by atoms with E-state index in [0.717, 1.165) is 44.6 Å². The van der Waals surface area contributed by atoms with Crippen molar-refractivity contribution in [3.8, 4) is 0 Å². The van der Waals surface area contributed by atoms with Gasteiger partial charge in [-0.25, -0.2) is 17.5 Å². The molecule has 1 heterocycles. The molecule has 1 aromatic rings. The Labute approximate surface area is 154 Å². The van der Waals surface area contributed by atoms with Gasteiger partial charge in [0.2, 0.25) is 10.0 Å². The molecule has 26 heavy (non-hydrogen) atoms. The highest BCUT2D eigenvalue weighted by Gasteiger charge is 2.31. The van der Waals surface area contributed by atoms with E-state index >= 15 is 0 Å². The van der Waals surface area contributed by atoms with Crippen molar-refractivity contribution in [2.24, 2.45) is 5.92 Å². The highest BCUT2D eigenvalue weighted by molar-refractivity contribution is 7.89. The molecule has 6 nitrogen and oxygen atoms in total. The molecule has 8 heteroatoms. The predicted molar refractivity (Wildman–Crippen MR) is 96.9 cm³/mol. The van der Waals surface area contributed by atoms with Crippen LogP contribution in [0.5, 0.6) is 0 Å². The van der Waals surface area contributed by atoms with Gasteiger partial charge in [-0.2, -0.15) is 0 Å².